The van der Waals surface area contributed by atoms with Gasteiger partial charge in [-0.3, -0.25) is 38.8 Å². The number of carboxylic acid groups (broad SMARTS) is 4. The van der Waals surface area contributed by atoms with E-state index in [0.717, 1.165) is 24.2 Å². The Labute approximate surface area is 250 Å². The lowest BCUT2D eigenvalue weighted by Crippen LogP contribution is -2.53. The van der Waals surface area contributed by atoms with Gasteiger partial charge in [0.25, 0.3) is 0 Å². The molecule has 14 nitrogen and oxygen atoms in total. The van der Waals surface area contributed by atoms with Crippen LogP contribution in [0.5, 0.6) is 0 Å². The van der Waals surface area contributed by atoms with Crippen LogP contribution in [-0.4, -0.2) is 154 Å². The van der Waals surface area contributed by atoms with Crippen LogP contribution in [0.25, 0.3) is 0 Å². The van der Waals surface area contributed by atoms with Crippen LogP contribution in [0.3, 0.4) is 0 Å². The molecule has 1 fully saturated rings. The van der Waals surface area contributed by atoms with E-state index in [9.17, 15) is 39.6 Å². The molecule has 1 atom stereocenters. The fraction of sp³-hybridized carbons (Fsp3) is 0.593. The van der Waals surface area contributed by atoms with E-state index >= 15 is 0 Å². The van der Waals surface area contributed by atoms with Crippen LogP contribution in [0.2, 0.25) is 0 Å². The van der Waals surface area contributed by atoms with Gasteiger partial charge in [-0.2, -0.15) is 0 Å². The molecule has 234 valence electrons. The fourth-order valence-corrected chi connectivity index (χ4v) is 4.99. The van der Waals surface area contributed by atoms with Crippen LogP contribution in [0, 0.1) is 0 Å². The molecule has 1 heterocycles. The van der Waals surface area contributed by atoms with Gasteiger partial charge in [0.05, 0.1) is 26.2 Å². The summed E-state index contributed by atoms with van der Waals surface area (Å²) in [5.41, 5.74) is 1.68. The number of thiocarbonyl (C=S) groups is 1. The molecular weight excluding hydrogens is 568 g/mol. The predicted octanol–water partition coefficient (Wildman–Crippen LogP) is -0.146. The third kappa shape index (κ3) is 14.0. The van der Waals surface area contributed by atoms with Crippen LogP contribution in [0.4, 0.5) is 5.69 Å². The highest BCUT2D eigenvalue weighted by molar-refractivity contribution is 7.80. The third-order valence-electron chi connectivity index (χ3n) is 6.79. The molecule has 0 aliphatic carbocycles. The quantitative estimate of drug-likeness (QED) is 0.162. The number of rotatable bonds is 13. The van der Waals surface area contributed by atoms with E-state index in [-0.39, 0.29) is 72.0 Å². The molecule has 1 aromatic rings. The Morgan fingerprint density at radius 1 is 0.762 bits per heavy atom. The van der Waals surface area contributed by atoms with E-state index in [4.69, 9.17) is 12.2 Å². The maximum atomic E-state index is 11.9. The van der Waals surface area contributed by atoms with Crippen LogP contribution in [0.15, 0.2) is 24.3 Å². The van der Waals surface area contributed by atoms with Crippen LogP contribution in [0.1, 0.15) is 18.9 Å². The first-order valence-electron chi connectivity index (χ1n) is 13.9. The van der Waals surface area contributed by atoms with Crippen molar-refractivity contribution < 1.29 is 39.6 Å². The van der Waals surface area contributed by atoms with Crippen molar-refractivity contribution in [3.05, 3.63) is 29.8 Å². The zero-order valence-electron chi connectivity index (χ0n) is 23.9. The summed E-state index contributed by atoms with van der Waals surface area (Å²) < 4.78 is 0. The molecule has 6 N–H and O–H groups in total. The van der Waals surface area contributed by atoms with Gasteiger partial charge >= 0.3 is 23.9 Å². The van der Waals surface area contributed by atoms with Gasteiger partial charge in [-0.15, -0.1) is 0 Å². The third-order valence-corrected chi connectivity index (χ3v) is 7.03. The lowest BCUT2D eigenvalue weighted by molar-refractivity contribution is -0.142. The maximum Gasteiger partial charge on any atom is 0.317 e. The first kappa shape index (κ1) is 34.8. The summed E-state index contributed by atoms with van der Waals surface area (Å²) in [5.74, 6) is -4.19. The van der Waals surface area contributed by atoms with Crippen molar-refractivity contribution in [1.29, 1.82) is 0 Å². The Morgan fingerprint density at radius 3 is 1.74 bits per heavy atom. The molecule has 0 spiro atoms. The van der Waals surface area contributed by atoms with E-state index in [2.05, 4.69) is 10.6 Å². The van der Waals surface area contributed by atoms with Crippen molar-refractivity contribution in [2.75, 3.05) is 83.9 Å². The SMILES string of the molecule is CCCNC(=S)Nc1ccc(CC2CN(CC(=O)O)CCN(CC(=O)O)CCN(CC(=O)O)CCN2CC(=O)O)cc1. The number of hydrogen-bond donors (Lipinski definition) is 6. The van der Waals surface area contributed by atoms with Gasteiger partial charge in [-0.05, 0) is 42.8 Å². The Bertz CT molecular complexity index is 1060. The second-order valence-electron chi connectivity index (χ2n) is 10.3. The second kappa shape index (κ2) is 18.2. The number of carboxylic acids is 4. The molecule has 1 aliphatic heterocycles. The Morgan fingerprint density at radius 2 is 1.24 bits per heavy atom. The molecular formula is C27H42N6O8S. The predicted molar refractivity (Wildman–Crippen MR) is 160 cm³/mol. The molecule has 1 saturated heterocycles. The molecule has 0 saturated carbocycles. The van der Waals surface area contributed by atoms with Crippen molar-refractivity contribution in [3.8, 4) is 0 Å². The zero-order valence-corrected chi connectivity index (χ0v) is 24.7. The molecule has 1 aromatic carbocycles. The molecule has 0 aromatic heterocycles. The molecule has 0 amide bonds. The van der Waals surface area contributed by atoms with Crippen molar-refractivity contribution in [2.45, 2.75) is 25.8 Å². The normalized spacial score (nSPS) is 18.4. The standard InChI is InChI=1S/C27H42N6O8S/c1-2-7-28-27(42)29-21-5-3-20(4-6-21)14-22-15-32(18-25(38)39)11-10-30(16-23(34)35)8-9-31(17-24(36)37)12-13-33(22)19-26(40)41/h3-6,22H,2,7-19H2,1H3,(H,34,35)(H,36,37)(H,38,39)(H,40,41)(H2,28,29,42). The van der Waals surface area contributed by atoms with Gasteiger partial charge in [-0.1, -0.05) is 19.1 Å². The summed E-state index contributed by atoms with van der Waals surface area (Å²) in [4.78, 5) is 53.3. The Hall–Kier alpha value is -3.37. The highest BCUT2D eigenvalue weighted by Gasteiger charge is 2.27. The largest absolute Gasteiger partial charge is 0.480 e. The van der Waals surface area contributed by atoms with Crippen molar-refractivity contribution in [1.82, 2.24) is 24.9 Å². The lowest BCUT2D eigenvalue weighted by atomic mass is 10.0. The Kier molecular flexibility index (Phi) is 15.1. The topological polar surface area (TPSA) is 186 Å². The summed E-state index contributed by atoms with van der Waals surface area (Å²) in [7, 11) is 0. The zero-order chi connectivity index (χ0) is 31.1. The van der Waals surface area contributed by atoms with Gasteiger partial charge in [0.15, 0.2) is 5.11 Å². The number of benzene rings is 1. The molecule has 15 heteroatoms. The van der Waals surface area contributed by atoms with Gasteiger partial charge in [0.1, 0.15) is 0 Å². The molecule has 1 unspecified atom stereocenters. The number of anilines is 1. The minimum atomic E-state index is -1.05. The average molecular weight is 611 g/mol. The molecule has 2 rings (SSSR count). The Balaban J connectivity index is 2.35. The van der Waals surface area contributed by atoms with Crippen LogP contribution >= 0.6 is 12.2 Å². The van der Waals surface area contributed by atoms with E-state index < -0.39 is 29.9 Å². The molecule has 1 aliphatic rings. The van der Waals surface area contributed by atoms with Crippen molar-refractivity contribution in [2.24, 2.45) is 0 Å². The van der Waals surface area contributed by atoms with Gasteiger partial charge in [-0.25, -0.2) is 0 Å². The first-order chi connectivity index (χ1) is 19.9. The minimum absolute atomic E-state index is 0.213. The molecule has 42 heavy (non-hydrogen) atoms. The van der Waals surface area contributed by atoms with E-state index in [1.807, 2.05) is 31.2 Å². The van der Waals surface area contributed by atoms with Crippen molar-refractivity contribution in [3.63, 3.8) is 0 Å². The van der Waals surface area contributed by atoms with Gasteiger partial charge < -0.3 is 31.1 Å². The minimum Gasteiger partial charge on any atom is -0.480 e. The molecule has 0 radical (unpaired) electrons. The van der Waals surface area contributed by atoms with Gasteiger partial charge in [0.2, 0.25) is 0 Å². The second-order valence-corrected chi connectivity index (χ2v) is 10.7. The number of nitrogens with zero attached hydrogens (tertiary/aromatic N) is 4. The molecule has 0 bridgehead atoms. The average Bonchev–Trinajstić information content (AvgIpc) is 2.89. The van der Waals surface area contributed by atoms with E-state index in [1.165, 1.54) is 0 Å². The number of carbonyl (C=O) groups is 4. The number of aliphatic carboxylic acids is 4. The summed E-state index contributed by atoms with van der Waals surface area (Å²) in [6.07, 6.45) is 1.33. The summed E-state index contributed by atoms with van der Waals surface area (Å²) in [6, 6.07) is 7.09. The van der Waals surface area contributed by atoms with Crippen LogP contribution in [-0.2, 0) is 25.6 Å². The van der Waals surface area contributed by atoms with Crippen LogP contribution < -0.4 is 10.6 Å². The summed E-state index contributed by atoms with van der Waals surface area (Å²) in [5, 5.41) is 44.8. The summed E-state index contributed by atoms with van der Waals surface area (Å²) >= 11 is 5.29. The highest BCUT2D eigenvalue weighted by Crippen LogP contribution is 2.16. The van der Waals surface area contributed by atoms with E-state index in [1.54, 1.807) is 19.6 Å². The van der Waals surface area contributed by atoms with Crippen molar-refractivity contribution >= 4 is 46.9 Å². The number of nitrogens with one attached hydrogen (secondary N) is 2. The first-order valence-corrected chi connectivity index (χ1v) is 14.3. The van der Waals surface area contributed by atoms with E-state index in [0.29, 0.717) is 11.5 Å². The summed E-state index contributed by atoms with van der Waals surface area (Å²) in [6.45, 7) is 3.31. The highest BCUT2D eigenvalue weighted by atomic mass is 32.1. The maximum absolute atomic E-state index is 11.9. The number of hydrogen-bond acceptors (Lipinski definition) is 9. The lowest BCUT2D eigenvalue weighted by Gasteiger charge is -2.37. The van der Waals surface area contributed by atoms with Gasteiger partial charge in [0, 0.05) is 64.1 Å². The smallest absolute Gasteiger partial charge is 0.317 e. The monoisotopic (exact) mass is 610 g/mol. The fourth-order valence-electron chi connectivity index (χ4n) is 4.77.